The topological polar surface area (TPSA) is 66.9 Å². The lowest BCUT2D eigenvalue weighted by Gasteiger charge is -2.42. The molecule has 184 valence electrons. The normalized spacial score (nSPS) is 21.9. The molecule has 0 saturated carbocycles. The molecule has 0 spiro atoms. The number of carbonyl (C=O) groups excluding carboxylic acids is 1. The zero-order valence-electron chi connectivity index (χ0n) is 19.1. The lowest BCUT2D eigenvalue weighted by atomic mass is 9.78. The summed E-state index contributed by atoms with van der Waals surface area (Å²) in [4.78, 5) is 15.2. The quantitative estimate of drug-likeness (QED) is 0.496. The number of rotatable bonds is 7. The van der Waals surface area contributed by atoms with E-state index in [9.17, 15) is 13.2 Å². The first kappa shape index (κ1) is 25.3. The summed E-state index contributed by atoms with van der Waals surface area (Å²) in [5.41, 5.74) is -0.627. The first-order valence-corrected chi connectivity index (χ1v) is 13.9. The third-order valence-corrected chi connectivity index (χ3v) is 8.88. The van der Waals surface area contributed by atoms with Crippen molar-refractivity contribution in [2.75, 3.05) is 32.8 Å². The molecule has 0 radical (unpaired) electrons. The highest BCUT2D eigenvalue weighted by Gasteiger charge is 2.43. The molecule has 2 fully saturated rings. The molecular formula is C25H30Cl2N2O4S. The Bertz CT molecular complexity index is 1090. The fourth-order valence-corrected chi connectivity index (χ4v) is 7.16. The highest BCUT2D eigenvalue weighted by molar-refractivity contribution is 7.89. The molecule has 9 heteroatoms. The standard InChI is InChI=1S/C25H30Cl2N2O4S/c26-20-14-21(27)16-23(15-20)34(31,32)29-13-7-10-25(18-29,19-33-22-8-3-1-4-9-22)17-24(30)28-11-5-2-6-12-28/h1,3-4,8-9,14-16H,2,5-7,10-13,17-19H2. The second-order valence-corrected chi connectivity index (χ2v) is 12.1. The number of para-hydroxylation sites is 1. The maximum Gasteiger partial charge on any atom is 0.243 e. The number of piperidine rings is 2. The zero-order valence-corrected chi connectivity index (χ0v) is 21.4. The molecule has 1 atom stereocenters. The van der Waals surface area contributed by atoms with Crippen molar-refractivity contribution in [3.63, 3.8) is 0 Å². The summed E-state index contributed by atoms with van der Waals surface area (Å²) in [6.07, 6.45) is 4.76. The maximum atomic E-state index is 13.5. The van der Waals surface area contributed by atoms with Crippen molar-refractivity contribution in [1.29, 1.82) is 0 Å². The van der Waals surface area contributed by atoms with Gasteiger partial charge in [0.1, 0.15) is 5.75 Å². The third-order valence-electron chi connectivity index (χ3n) is 6.62. The Kier molecular flexibility index (Phi) is 8.08. The van der Waals surface area contributed by atoms with Gasteiger partial charge in [0.05, 0.1) is 11.5 Å². The summed E-state index contributed by atoms with van der Waals surface area (Å²) < 4.78 is 34.6. The van der Waals surface area contributed by atoms with Crippen molar-refractivity contribution in [3.8, 4) is 5.75 Å². The van der Waals surface area contributed by atoms with Crippen LogP contribution in [0.5, 0.6) is 5.75 Å². The van der Waals surface area contributed by atoms with Gasteiger partial charge < -0.3 is 9.64 Å². The van der Waals surface area contributed by atoms with E-state index in [0.717, 1.165) is 32.4 Å². The predicted molar refractivity (Wildman–Crippen MR) is 134 cm³/mol. The van der Waals surface area contributed by atoms with Crippen LogP contribution in [-0.4, -0.2) is 56.3 Å². The summed E-state index contributed by atoms with van der Waals surface area (Å²) in [6.45, 7) is 2.36. The summed E-state index contributed by atoms with van der Waals surface area (Å²) in [5, 5.41) is 0.532. The molecule has 0 aliphatic carbocycles. The van der Waals surface area contributed by atoms with Gasteiger partial charge in [-0.3, -0.25) is 4.79 Å². The van der Waals surface area contributed by atoms with Crippen LogP contribution in [0, 0.1) is 5.41 Å². The van der Waals surface area contributed by atoms with Crippen molar-refractivity contribution in [1.82, 2.24) is 9.21 Å². The highest BCUT2D eigenvalue weighted by Crippen LogP contribution is 2.38. The number of hydrogen-bond acceptors (Lipinski definition) is 4. The van der Waals surface area contributed by atoms with Gasteiger partial charge in [-0.25, -0.2) is 8.42 Å². The van der Waals surface area contributed by atoms with E-state index in [1.165, 1.54) is 22.5 Å². The van der Waals surface area contributed by atoms with E-state index in [4.69, 9.17) is 27.9 Å². The number of benzene rings is 2. The number of carbonyl (C=O) groups is 1. The molecule has 0 bridgehead atoms. The van der Waals surface area contributed by atoms with Gasteiger partial charge >= 0.3 is 0 Å². The minimum atomic E-state index is -3.84. The molecular weight excluding hydrogens is 495 g/mol. The van der Waals surface area contributed by atoms with Crippen LogP contribution in [0.4, 0.5) is 0 Å². The first-order valence-electron chi connectivity index (χ1n) is 11.7. The van der Waals surface area contributed by atoms with E-state index in [-0.39, 0.29) is 40.4 Å². The van der Waals surface area contributed by atoms with Gasteiger partial charge in [0.15, 0.2) is 0 Å². The molecule has 2 heterocycles. The van der Waals surface area contributed by atoms with Gasteiger partial charge in [0.2, 0.25) is 15.9 Å². The van der Waals surface area contributed by atoms with Crippen molar-refractivity contribution >= 4 is 39.1 Å². The van der Waals surface area contributed by atoms with Crippen molar-refractivity contribution in [2.24, 2.45) is 5.41 Å². The highest BCUT2D eigenvalue weighted by atomic mass is 35.5. The van der Waals surface area contributed by atoms with E-state index < -0.39 is 15.4 Å². The molecule has 2 saturated heterocycles. The fourth-order valence-electron chi connectivity index (χ4n) is 4.84. The van der Waals surface area contributed by atoms with Gasteiger partial charge in [-0.15, -0.1) is 0 Å². The smallest absolute Gasteiger partial charge is 0.243 e. The molecule has 0 N–H and O–H groups in total. The molecule has 2 aromatic rings. The molecule has 6 nitrogen and oxygen atoms in total. The average Bonchev–Trinajstić information content (AvgIpc) is 2.83. The minimum absolute atomic E-state index is 0.0622. The van der Waals surface area contributed by atoms with Crippen LogP contribution in [0.25, 0.3) is 0 Å². The first-order chi connectivity index (χ1) is 16.3. The number of nitrogens with zero attached hydrogens (tertiary/aromatic N) is 2. The van der Waals surface area contributed by atoms with Crippen molar-refractivity contribution < 1.29 is 17.9 Å². The van der Waals surface area contributed by atoms with Crippen LogP contribution in [-0.2, 0) is 14.8 Å². The lowest BCUT2D eigenvalue weighted by Crippen LogP contribution is -2.51. The van der Waals surface area contributed by atoms with Crippen LogP contribution in [0.2, 0.25) is 10.0 Å². The summed E-state index contributed by atoms with van der Waals surface area (Å²) in [7, 11) is -3.84. The summed E-state index contributed by atoms with van der Waals surface area (Å²) in [5.74, 6) is 0.773. The summed E-state index contributed by atoms with van der Waals surface area (Å²) in [6, 6.07) is 13.8. The van der Waals surface area contributed by atoms with E-state index >= 15 is 0 Å². The molecule has 2 aliphatic rings. The lowest BCUT2D eigenvalue weighted by molar-refractivity contribution is -0.136. The van der Waals surface area contributed by atoms with E-state index in [1.54, 1.807) is 0 Å². The maximum absolute atomic E-state index is 13.5. The molecule has 1 unspecified atom stereocenters. The van der Waals surface area contributed by atoms with Crippen molar-refractivity contribution in [2.45, 2.75) is 43.4 Å². The van der Waals surface area contributed by atoms with E-state index in [2.05, 4.69) is 0 Å². The zero-order chi connectivity index (χ0) is 24.2. The molecule has 4 rings (SSSR count). The predicted octanol–water partition coefficient (Wildman–Crippen LogP) is 5.25. The molecule has 34 heavy (non-hydrogen) atoms. The van der Waals surface area contributed by atoms with E-state index in [1.807, 2.05) is 35.2 Å². The van der Waals surface area contributed by atoms with Crippen molar-refractivity contribution in [3.05, 3.63) is 58.6 Å². The Balaban J connectivity index is 1.59. The second kappa shape index (κ2) is 10.9. The Morgan fingerprint density at radius 3 is 2.29 bits per heavy atom. The largest absolute Gasteiger partial charge is 0.493 e. The minimum Gasteiger partial charge on any atom is -0.493 e. The average molecular weight is 525 g/mol. The number of amides is 1. The molecule has 0 aromatic heterocycles. The van der Waals surface area contributed by atoms with Gasteiger partial charge in [0.25, 0.3) is 0 Å². The van der Waals surface area contributed by atoms with Crippen LogP contribution < -0.4 is 4.74 Å². The van der Waals surface area contributed by atoms with Gasteiger partial charge in [-0.2, -0.15) is 4.31 Å². The number of ether oxygens (including phenoxy) is 1. The van der Waals surface area contributed by atoms with Crippen LogP contribution in [0.3, 0.4) is 0 Å². The monoisotopic (exact) mass is 524 g/mol. The van der Waals surface area contributed by atoms with Gasteiger partial charge in [-0.05, 0) is 62.4 Å². The summed E-state index contributed by atoms with van der Waals surface area (Å²) >= 11 is 12.2. The third kappa shape index (κ3) is 6.06. The van der Waals surface area contributed by atoms with E-state index in [0.29, 0.717) is 25.1 Å². The number of hydrogen-bond donors (Lipinski definition) is 0. The number of likely N-dealkylation sites (tertiary alicyclic amines) is 1. The number of sulfonamides is 1. The van der Waals surface area contributed by atoms with Gasteiger partial charge in [-0.1, -0.05) is 41.4 Å². The fraction of sp³-hybridized carbons (Fsp3) is 0.480. The molecule has 1 amide bonds. The number of halogens is 2. The molecule has 2 aliphatic heterocycles. The Labute approximate surface area is 211 Å². The second-order valence-electron chi connectivity index (χ2n) is 9.27. The molecule has 2 aromatic carbocycles. The SMILES string of the molecule is O=C(CC1(COc2ccccc2)CCCN(S(=O)(=O)c2cc(Cl)cc(Cl)c2)C1)N1CCCCC1. The van der Waals surface area contributed by atoms with Crippen LogP contribution >= 0.6 is 23.2 Å². The van der Waals surface area contributed by atoms with Crippen LogP contribution in [0.15, 0.2) is 53.4 Å². The van der Waals surface area contributed by atoms with Crippen LogP contribution in [0.1, 0.15) is 38.5 Å². The Hall–Kier alpha value is -1.80. The Morgan fingerprint density at radius 1 is 0.941 bits per heavy atom. The van der Waals surface area contributed by atoms with Gasteiger partial charge in [0, 0.05) is 48.1 Å². The Morgan fingerprint density at radius 2 is 1.62 bits per heavy atom.